The van der Waals surface area contributed by atoms with Crippen molar-refractivity contribution in [1.82, 2.24) is 5.32 Å². The van der Waals surface area contributed by atoms with Gasteiger partial charge in [-0.15, -0.1) is 0 Å². The second-order valence-corrected chi connectivity index (χ2v) is 4.62. The Kier molecular flexibility index (Phi) is 6.56. The second kappa shape index (κ2) is 8.19. The maximum Gasteiger partial charge on any atom is 0.337 e. The van der Waals surface area contributed by atoms with Crippen molar-refractivity contribution < 1.29 is 14.3 Å². The number of rotatable bonds is 7. The van der Waals surface area contributed by atoms with E-state index in [1.807, 2.05) is 13.8 Å². The molecule has 1 atom stereocenters. The van der Waals surface area contributed by atoms with Gasteiger partial charge in [-0.1, -0.05) is 6.92 Å². The van der Waals surface area contributed by atoms with Gasteiger partial charge in [0.05, 0.1) is 12.7 Å². The van der Waals surface area contributed by atoms with Crippen LogP contribution in [0.15, 0.2) is 24.3 Å². The number of anilines is 1. The van der Waals surface area contributed by atoms with E-state index in [-0.39, 0.29) is 17.9 Å². The highest BCUT2D eigenvalue weighted by Gasteiger charge is 2.06. The Morgan fingerprint density at radius 1 is 1.25 bits per heavy atom. The molecule has 0 aliphatic heterocycles. The molecule has 0 bridgehead atoms. The van der Waals surface area contributed by atoms with Crippen LogP contribution >= 0.6 is 0 Å². The summed E-state index contributed by atoms with van der Waals surface area (Å²) in [6, 6.07) is 7.17. The summed E-state index contributed by atoms with van der Waals surface area (Å²) in [6.45, 7) is 4.57. The van der Waals surface area contributed by atoms with Crippen LogP contribution < -0.4 is 10.6 Å². The van der Waals surface area contributed by atoms with Crippen LogP contribution in [0.2, 0.25) is 0 Å². The Morgan fingerprint density at radius 2 is 1.90 bits per heavy atom. The molecule has 0 saturated carbocycles. The van der Waals surface area contributed by atoms with Gasteiger partial charge in [-0.3, -0.25) is 4.79 Å². The van der Waals surface area contributed by atoms with Gasteiger partial charge in [-0.25, -0.2) is 4.79 Å². The molecule has 1 rings (SSSR count). The fraction of sp³-hybridized carbons (Fsp3) is 0.467. The molecule has 1 aromatic rings. The van der Waals surface area contributed by atoms with Crippen LogP contribution in [0, 0.1) is 0 Å². The normalized spacial score (nSPS) is 11.6. The zero-order chi connectivity index (χ0) is 15.0. The van der Waals surface area contributed by atoms with Gasteiger partial charge >= 0.3 is 5.97 Å². The molecule has 5 nitrogen and oxygen atoms in total. The lowest BCUT2D eigenvalue weighted by Crippen LogP contribution is -2.32. The standard InChI is InChI=1S/C15H22N2O3/c1-4-11(2)17-14(18)9-10-16-13-7-5-12(6-8-13)15(19)20-3/h5-8,11,16H,4,9-10H2,1-3H3,(H,17,18). The summed E-state index contributed by atoms with van der Waals surface area (Å²) in [5.41, 5.74) is 1.38. The number of carbonyl (C=O) groups is 2. The van der Waals surface area contributed by atoms with Gasteiger partial charge in [-0.2, -0.15) is 0 Å². The fourth-order valence-corrected chi connectivity index (χ4v) is 1.61. The Bertz CT molecular complexity index is 443. The summed E-state index contributed by atoms with van der Waals surface area (Å²) in [6.07, 6.45) is 1.34. The van der Waals surface area contributed by atoms with Gasteiger partial charge in [-0.05, 0) is 37.6 Å². The number of ether oxygens (including phenoxy) is 1. The Balaban J connectivity index is 2.35. The highest BCUT2D eigenvalue weighted by atomic mass is 16.5. The quantitative estimate of drug-likeness (QED) is 0.750. The molecule has 0 saturated heterocycles. The van der Waals surface area contributed by atoms with E-state index in [9.17, 15) is 9.59 Å². The lowest BCUT2D eigenvalue weighted by Gasteiger charge is -2.12. The predicted octanol–water partition coefficient (Wildman–Crippen LogP) is 2.19. The van der Waals surface area contributed by atoms with Crippen LogP contribution in [0.3, 0.4) is 0 Å². The number of nitrogens with one attached hydrogen (secondary N) is 2. The predicted molar refractivity (Wildman–Crippen MR) is 78.8 cm³/mol. The van der Waals surface area contributed by atoms with E-state index >= 15 is 0 Å². The smallest absolute Gasteiger partial charge is 0.337 e. The molecule has 1 unspecified atom stereocenters. The van der Waals surface area contributed by atoms with Gasteiger partial charge < -0.3 is 15.4 Å². The van der Waals surface area contributed by atoms with Crippen LogP contribution in [-0.2, 0) is 9.53 Å². The van der Waals surface area contributed by atoms with Crippen molar-refractivity contribution in [2.24, 2.45) is 0 Å². The van der Waals surface area contributed by atoms with Crippen molar-refractivity contribution in [3.63, 3.8) is 0 Å². The first-order valence-corrected chi connectivity index (χ1v) is 6.78. The first-order chi connectivity index (χ1) is 9.56. The van der Waals surface area contributed by atoms with Crippen molar-refractivity contribution in [2.45, 2.75) is 32.7 Å². The van der Waals surface area contributed by atoms with E-state index < -0.39 is 0 Å². The van der Waals surface area contributed by atoms with Crippen LogP contribution in [0.1, 0.15) is 37.0 Å². The SMILES string of the molecule is CCC(C)NC(=O)CCNc1ccc(C(=O)OC)cc1. The monoisotopic (exact) mass is 278 g/mol. The second-order valence-electron chi connectivity index (χ2n) is 4.62. The number of benzene rings is 1. The highest BCUT2D eigenvalue weighted by molar-refractivity contribution is 5.89. The molecule has 0 spiro atoms. The first kappa shape index (κ1) is 16.0. The Hall–Kier alpha value is -2.04. The van der Waals surface area contributed by atoms with E-state index in [1.165, 1.54) is 7.11 Å². The number of amides is 1. The van der Waals surface area contributed by atoms with E-state index in [1.54, 1.807) is 24.3 Å². The maximum absolute atomic E-state index is 11.6. The Morgan fingerprint density at radius 3 is 2.45 bits per heavy atom. The summed E-state index contributed by atoms with van der Waals surface area (Å²) in [5, 5.41) is 6.05. The number of methoxy groups -OCH3 is 1. The van der Waals surface area contributed by atoms with Crippen molar-refractivity contribution in [3.8, 4) is 0 Å². The van der Waals surface area contributed by atoms with E-state index in [4.69, 9.17) is 0 Å². The molecule has 0 aromatic heterocycles. The van der Waals surface area contributed by atoms with Gasteiger partial charge in [0.2, 0.25) is 5.91 Å². The molecule has 0 radical (unpaired) electrons. The molecule has 0 aliphatic rings. The third kappa shape index (κ3) is 5.30. The lowest BCUT2D eigenvalue weighted by molar-refractivity contribution is -0.121. The van der Waals surface area contributed by atoms with Crippen molar-refractivity contribution in [2.75, 3.05) is 19.0 Å². The molecule has 2 N–H and O–H groups in total. The van der Waals surface area contributed by atoms with E-state index in [0.29, 0.717) is 18.5 Å². The average molecular weight is 278 g/mol. The fourth-order valence-electron chi connectivity index (χ4n) is 1.61. The summed E-state index contributed by atoms with van der Waals surface area (Å²) < 4.78 is 4.62. The number of hydrogen-bond acceptors (Lipinski definition) is 4. The maximum atomic E-state index is 11.6. The zero-order valence-electron chi connectivity index (χ0n) is 12.2. The lowest BCUT2D eigenvalue weighted by atomic mass is 10.2. The third-order valence-electron chi connectivity index (χ3n) is 3.01. The first-order valence-electron chi connectivity index (χ1n) is 6.78. The minimum Gasteiger partial charge on any atom is -0.465 e. The minimum absolute atomic E-state index is 0.0398. The van der Waals surface area contributed by atoms with Crippen LogP contribution in [0.4, 0.5) is 5.69 Å². The van der Waals surface area contributed by atoms with Crippen molar-refractivity contribution >= 4 is 17.6 Å². The summed E-state index contributed by atoms with van der Waals surface area (Å²) in [4.78, 5) is 22.8. The highest BCUT2D eigenvalue weighted by Crippen LogP contribution is 2.10. The molecule has 5 heteroatoms. The zero-order valence-corrected chi connectivity index (χ0v) is 12.2. The number of hydrogen-bond donors (Lipinski definition) is 2. The van der Waals surface area contributed by atoms with Crippen LogP contribution in [0.5, 0.6) is 0 Å². The number of carbonyl (C=O) groups excluding carboxylic acids is 2. The number of esters is 1. The molecule has 0 heterocycles. The summed E-state index contributed by atoms with van der Waals surface area (Å²) >= 11 is 0. The van der Waals surface area contributed by atoms with Gasteiger partial charge in [0, 0.05) is 24.7 Å². The van der Waals surface area contributed by atoms with E-state index in [0.717, 1.165) is 12.1 Å². The molecule has 20 heavy (non-hydrogen) atoms. The van der Waals surface area contributed by atoms with Crippen molar-refractivity contribution in [1.29, 1.82) is 0 Å². The Labute approximate surface area is 119 Å². The third-order valence-corrected chi connectivity index (χ3v) is 3.01. The molecular weight excluding hydrogens is 256 g/mol. The molecule has 110 valence electrons. The summed E-state index contributed by atoms with van der Waals surface area (Å²) in [5.74, 6) is -0.317. The molecule has 0 aliphatic carbocycles. The molecular formula is C15H22N2O3. The minimum atomic E-state index is -0.357. The topological polar surface area (TPSA) is 67.4 Å². The van der Waals surface area contributed by atoms with Gasteiger partial charge in [0.25, 0.3) is 0 Å². The largest absolute Gasteiger partial charge is 0.465 e. The van der Waals surface area contributed by atoms with Gasteiger partial charge in [0.15, 0.2) is 0 Å². The molecule has 1 aromatic carbocycles. The van der Waals surface area contributed by atoms with Gasteiger partial charge in [0.1, 0.15) is 0 Å². The summed E-state index contributed by atoms with van der Waals surface area (Å²) in [7, 11) is 1.35. The molecule has 0 fully saturated rings. The van der Waals surface area contributed by atoms with E-state index in [2.05, 4.69) is 15.4 Å². The molecule has 1 amide bonds. The average Bonchev–Trinajstić information content (AvgIpc) is 2.47. The van der Waals surface area contributed by atoms with Crippen molar-refractivity contribution in [3.05, 3.63) is 29.8 Å². The van der Waals surface area contributed by atoms with Crippen LogP contribution in [0.25, 0.3) is 0 Å². The van der Waals surface area contributed by atoms with Crippen LogP contribution in [-0.4, -0.2) is 31.6 Å².